The average molecular weight is 369 g/mol. The third-order valence-electron chi connectivity index (χ3n) is 4.06. The van der Waals surface area contributed by atoms with Gasteiger partial charge in [0.05, 0.1) is 4.47 Å². The highest BCUT2D eigenvalue weighted by atomic mass is 79.9. The Morgan fingerprint density at radius 1 is 0.955 bits per heavy atom. The molecular formula is C17H12BrF3O. The Morgan fingerprint density at radius 2 is 1.64 bits per heavy atom. The Hall–Kier alpha value is -1.62. The Balaban J connectivity index is 1.88. The summed E-state index contributed by atoms with van der Waals surface area (Å²) in [5.41, 5.74) is 1.08. The van der Waals surface area contributed by atoms with Gasteiger partial charge >= 0.3 is 0 Å². The average Bonchev–Trinajstić information content (AvgIpc) is 2.83. The molecule has 5 heteroatoms. The summed E-state index contributed by atoms with van der Waals surface area (Å²) >= 11 is 3.07. The molecule has 0 saturated heterocycles. The summed E-state index contributed by atoms with van der Waals surface area (Å²) in [6, 6.07) is 7.91. The largest absolute Gasteiger partial charge is 0.299 e. The fourth-order valence-electron chi connectivity index (χ4n) is 3.00. The van der Waals surface area contributed by atoms with Crippen molar-refractivity contribution in [3.8, 4) is 0 Å². The lowest BCUT2D eigenvalue weighted by molar-refractivity contribution is -0.118. The van der Waals surface area contributed by atoms with Gasteiger partial charge in [-0.3, -0.25) is 4.79 Å². The Labute approximate surface area is 134 Å². The van der Waals surface area contributed by atoms with Crippen molar-refractivity contribution in [3.05, 3.63) is 69.4 Å². The van der Waals surface area contributed by atoms with Crippen molar-refractivity contribution >= 4 is 21.7 Å². The molecule has 2 atom stereocenters. The predicted octanol–water partition coefficient (Wildman–Crippen LogP) is 5.10. The van der Waals surface area contributed by atoms with E-state index in [0.717, 1.165) is 6.07 Å². The van der Waals surface area contributed by atoms with Gasteiger partial charge in [-0.25, -0.2) is 13.2 Å². The first kappa shape index (κ1) is 15.3. The lowest BCUT2D eigenvalue weighted by Gasteiger charge is -2.12. The molecule has 1 fully saturated rings. The zero-order valence-corrected chi connectivity index (χ0v) is 13.0. The van der Waals surface area contributed by atoms with Crippen molar-refractivity contribution in [1.29, 1.82) is 0 Å². The molecule has 1 saturated carbocycles. The van der Waals surface area contributed by atoms with Crippen LogP contribution >= 0.6 is 15.9 Å². The maximum Gasteiger partial charge on any atom is 0.140 e. The van der Waals surface area contributed by atoms with Gasteiger partial charge in [-0.1, -0.05) is 6.07 Å². The monoisotopic (exact) mass is 368 g/mol. The van der Waals surface area contributed by atoms with Crippen molar-refractivity contribution in [1.82, 2.24) is 0 Å². The van der Waals surface area contributed by atoms with E-state index in [4.69, 9.17) is 0 Å². The van der Waals surface area contributed by atoms with E-state index in [1.54, 1.807) is 12.1 Å². The molecule has 0 spiro atoms. The molecule has 0 aliphatic heterocycles. The van der Waals surface area contributed by atoms with Crippen LogP contribution in [0, 0.1) is 17.5 Å². The number of hydrogen-bond acceptors (Lipinski definition) is 1. The highest BCUT2D eigenvalue weighted by Crippen LogP contribution is 2.42. The summed E-state index contributed by atoms with van der Waals surface area (Å²) in [6.07, 6.45) is 0.647. The zero-order valence-electron chi connectivity index (χ0n) is 11.5. The van der Waals surface area contributed by atoms with Crippen LogP contribution in [0.4, 0.5) is 13.2 Å². The summed E-state index contributed by atoms with van der Waals surface area (Å²) in [5.74, 6) is -2.43. The maximum absolute atomic E-state index is 13.6. The van der Waals surface area contributed by atoms with E-state index in [-0.39, 0.29) is 18.1 Å². The van der Waals surface area contributed by atoms with E-state index in [1.807, 2.05) is 0 Å². The molecule has 1 nitrogen and oxygen atoms in total. The van der Waals surface area contributed by atoms with Crippen LogP contribution in [0.5, 0.6) is 0 Å². The second-order valence-electron chi connectivity index (χ2n) is 5.53. The van der Waals surface area contributed by atoms with Gasteiger partial charge in [0, 0.05) is 18.4 Å². The van der Waals surface area contributed by atoms with Crippen LogP contribution < -0.4 is 0 Å². The molecule has 0 amide bonds. The minimum Gasteiger partial charge on any atom is -0.299 e. The summed E-state index contributed by atoms with van der Waals surface area (Å²) < 4.78 is 40.6. The van der Waals surface area contributed by atoms with Gasteiger partial charge in [0.2, 0.25) is 0 Å². The van der Waals surface area contributed by atoms with Crippen LogP contribution in [-0.2, 0) is 4.79 Å². The van der Waals surface area contributed by atoms with Gasteiger partial charge in [0.15, 0.2) is 0 Å². The topological polar surface area (TPSA) is 17.1 Å². The summed E-state index contributed by atoms with van der Waals surface area (Å²) in [6.45, 7) is 0. The molecule has 0 bridgehead atoms. The van der Waals surface area contributed by atoms with Crippen LogP contribution in [0.25, 0.3) is 0 Å². The van der Waals surface area contributed by atoms with E-state index in [2.05, 4.69) is 15.9 Å². The van der Waals surface area contributed by atoms with Gasteiger partial charge in [-0.05, 0) is 63.7 Å². The number of carbonyl (C=O) groups is 1. The van der Waals surface area contributed by atoms with Crippen molar-refractivity contribution in [2.45, 2.75) is 24.7 Å². The molecule has 1 aliphatic carbocycles. The van der Waals surface area contributed by atoms with E-state index in [0.29, 0.717) is 22.0 Å². The first-order valence-electron chi connectivity index (χ1n) is 6.87. The number of hydrogen-bond donors (Lipinski definition) is 0. The normalized spacial score (nSPS) is 21.4. The number of carbonyl (C=O) groups excluding carboxylic acids is 1. The molecule has 22 heavy (non-hydrogen) atoms. The van der Waals surface area contributed by atoms with E-state index in [1.165, 1.54) is 18.2 Å². The second-order valence-corrected chi connectivity index (χ2v) is 6.39. The smallest absolute Gasteiger partial charge is 0.140 e. The molecule has 3 rings (SSSR count). The number of ketones is 1. The minimum absolute atomic E-state index is 0.0311. The Morgan fingerprint density at radius 3 is 2.27 bits per heavy atom. The highest BCUT2D eigenvalue weighted by Gasteiger charge is 2.35. The van der Waals surface area contributed by atoms with Crippen molar-refractivity contribution < 1.29 is 18.0 Å². The quantitative estimate of drug-likeness (QED) is 0.720. The lowest BCUT2D eigenvalue weighted by Crippen LogP contribution is -2.04. The summed E-state index contributed by atoms with van der Waals surface area (Å²) in [7, 11) is 0. The number of rotatable bonds is 2. The molecule has 0 heterocycles. The second kappa shape index (κ2) is 5.88. The van der Waals surface area contributed by atoms with Crippen molar-refractivity contribution in [3.63, 3.8) is 0 Å². The van der Waals surface area contributed by atoms with Gasteiger partial charge < -0.3 is 0 Å². The molecule has 2 unspecified atom stereocenters. The molecule has 2 aromatic rings. The van der Waals surface area contributed by atoms with Gasteiger partial charge in [0.25, 0.3) is 0 Å². The standard InChI is InChI=1S/C17H12BrF3O/c18-15-2-1-9(6-16(15)21)14-5-11(7-17(14)22)10-3-12(19)8-13(20)4-10/h1-4,6,8,11,14H,5,7H2. The predicted molar refractivity (Wildman–Crippen MR) is 80.2 cm³/mol. The molecule has 114 valence electrons. The van der Waals surface area contributed by atoms with Gasteiger partial charge in [0.1, 0.15) is 23.2 Å². The summed E-state index contributed by atoms with van der Waals surface area (Å²) in [4.78, 5) is 12.2. The van der Waals surface area contributed by atoms with Crippen LogP contribution in [0.2, 0.25) is 0 Å². The Kier molecular flexibility index (Phi) is 4.08. The van der Waals surface area contributed by atoms with Crippen LogP contribution in [0.1, 0.15) is 35.8 Å². The lowest BCUT2D eigenvalue weighted by atomic mass is 9.93. The number of Topliss-reactive ketones (excluding diaryl/α,β-unsaturated/α-hetero) is 1. The molecule has 0 radical (unpaired) electrons. The first-order chi connectivity index (χ1) is 10.4. The van der Waals surface area contributed by atoms with E-state index in [9.17, 15) is 18.0 Å². The first-order valence-corrected chi connectivity index (χ1v) is 7.67. The van der Waals surface area contributed by atoms with Crippen LogP contribution in [0.15, 0.2) is 40.9 Å². The van der Waals surface area contributed by atoms with Gasteiger partial charge in [-0.15, -0.1) is 0 Å². The summed E-state index contributed by atoms with van der Waals surface area (Å²) in [5, 5.41) is 0. The van der Waals surface area contributed by atoms with Crippen molar-refractivity contribution in [2.24, 2.45) is 0 Å². The molecule has 0 aromatic heterocycles. The number of halogens is 4. The van der Waals surface area contributed by atoms with Crippen LogP contribution in [-0.4, -0.2) is 5.78 Å². The molecule has 1 aliphatic rings. The highest BCUT2D eigenvalue weighted by molar-refractivity contribution is 9.10. The zero-order chi connectivity index (χ0) is 15.9. The SMILES string of the molecule is O=C1CC(c2cc(F)cc(F)c2)CC1c1ccc(Br)c(F)c1. The fourth-order valence-corrected chi connectivity index (χ4v) is 3.25. The molecule has 2 aromatic carbocycles. The van der Waals surface area contributed by atoms with Crippen LogP contribution in [0.3, 0.4) is 0 Å². The Bertz CT molecular complexity index is 724. The maximum atomic E-state index is 13.6. The van der Waals surface area contributed by atoms with Crippen molar-refractivity contribution in [2.75, 3.05) is 0 Å². The molecular weight excluding hydrogens is 357 g/mol. The van der Waals surface area contributed by atoms with E-state index >= 15 is 0 Å². The third kappa shape index (κ3) is 2.95. The third-order valence-corrected chi connectivity index (χ3v) is 4.70. The van der Waals surface area contributed by atoms with E-state index < -0.39 is 23.4 Å². The van der Waals surface area contributed by atoms with Gasteiger partial charge in [-0.2, -0.15) is 0 Å². The number of benzene rings is 2. The molecule has 0 N–H and O–H groups in total. The minimum atomic E-state index is -0.652. The fraction of sp³-hybridized carbons (Fsp3) is 0.235.